The standard InChI is InChI=1S/C23H17NO5/c1-14(17-8-4-6-16-5-2-3-7-18(16)17)24-22(25)21(29-23(24)26)12-15-9-10-19-20(11-15)28-13-27-19/h2-12,14H,13H2,1H3/b21-12-/t14-/m1/s1. The van der Waals surface area contributed by atoms with E-state index in [0.717, 1.165) is 21.2 Å². The summed E-state index contributed by atoms with van der Waals surface area (Å²) < 4.78 is 15.9. The molecule has 3 aromatic rings. The Kier molecular flexibility index (Phi) is 3.98. The lowest BCUT2D eigenvalue weighted by Gasteiger charge is -2.21. The molecule has 0 aliphatic carbocycles. The third kappa shape index (κ3) is 2.89. The fourth-order valence-corrected chi connectivity index (χ4v) is 3.72. The number of carbonyl (C=O) groups excluding carboxylic acids is 2. The van der Waals surface area contributed by atoms with E-state index >= 15 is 0 Å². The Bertz CT molecular complexity index is 1180. The normalized spacial score (nSPS) is 17.8. The minimum atomic E-state index is -0.678. The number of benzene rings is 3. The molecule has 0 bridgehead atoms. The number of carbonyl (C=O) groups is 2. The molecular formula is C23H17NO5. The molecule has 0 spiro atoms. The average Bonchev–Trinajstić information content (AvgIpc) is 3.31. The van der Waals surface area contributed by atoms with E-state index in [1.165, 1.54) is 6.08 Å². The van der Waals surface area contributed by atoms with Gasteiger partial charge in [-0.15, -0.1) is 0 Å². The van der Waals surface area contributed by atoms with Crippen LogP contribution in [0.2, 0.25) is 0 Å². The van der Waals surface area contributed by atoms with E-state index < -0.39 is 18.0 Å². The predicted molar refractivity (Wildman–Crippen MR) is 106 cm³/mol. The summed E-state index contributed by atoms with van der Waals surface area (Å²) in [5.74, 6) is 0.763. The fourth-order valence-electron chi connectivity index (χ4n) is 3.72. The third-order valence-electron chi connectivity index (χ3n) is 5.18. The van der Waals surface area contributed by atoms with Gasteiger partial charge in [-0.05, 0) is 47.0 Å². The largest absolute Gasteiger partial charge is 0.454 e. The lowest BCUT2D eigenvalue weighted by atomic mass is 9.99. The molecule has 0 radical (unpaired) electrons. The number of amides is 2. The van der Waals surface area contributed by atoms with Crippen LogP contribution >= 0.6 is 0 Å². The molecule has 0 N–H and O–H groups in total. The number of hydrogen-bond acceptors (Lipinski definition) is 5. The minimum Gasteiger partial charge on any atom is -0.454 e. The van der Waals surface area contributed by atoms with Gasteiger partial charge in [-0.3, -0.25) is 4.79 Å². The number of fused-ring (bicyclic) bond motifs is 2. The van der Waals surface area contributed by atoms with Crippen LogP contribution in [-0.2, 0) is 9.53 Å². The van der Waals surface area contributed by atoms with E-state index in [2.05, 4.69) is 0 Å². The van der Waals surface area contributed by atoms with Gasteiger partial charge in [0.05, 0.1) is 6.04 Å². The molecule has 0 unspecified atom stereocenters. The van der Waals surface area contributed by atoms with Crippen LogP contribution in [0.15, 0.2) is 66.4 Å². The Hall–Kier alpha value is -3.80. The maximum Gasteiger partial charge on any atom is 0.423 e. The number of ether oxygens (including phenoxy) is 3. The number of nitrogens with zero attached hydrogens (tertiary/aromatic N) is 1. The number of cyclic esters (lactones) is 1. The first kappa shape index (κ1) is 17.3. The molecule has 5 rings (SSSR count). The first-order valence-corrected chi connectivity index (χ1v) is 9.26. The topological polar surface area (TPSA) is 65.1 Å². The van der Waals surface area contributed by atoms with Crippen molar-refractivity contribution in [1.82, 2.24) is 4.90 Å². The zero-order valence-corrected chi connectivity index (χ0v) is 15.6. The Morgan fingerprint density at radius 2 is 1.76 bits per heavy atom. The van der Waals surface area contributed by atoms with Gasteiger partial charge in [-0.2, -0.15) is 0 Å². The summed E-state index contributed by atoms with van der Waals surface area (Å²) in [5.41, 5.74) is 1.57. The molecule has 2 aliphatic rings. The van der Waals surface area contributed by atoms with Crippen molar-refractivity contribution in [2.75, 3.05) is 6.79 Å². The second-order valence-corrected chi connectivity index (χ2v) is 6.91. The molecule has 6 nitrogen and oxygen atoms in total. The molecule has 1 atom stereocenters. The van der Waals surface area contributed by atoms with Crippen LogP contribution in [0, 0.1) is 0 Å². The zero-order valence-electron chi connectivity index (χ0n) is 15.6. The molecule has 1 saturated heterocycles. The average molecular weight is 387 g/mol. The Labute approximate surface area is 166 Å². The highest BCUT2D eigenvalue weighted by atomic mass is 16.7. The Morgan fingerprint density at radius 3 is 2.66 bits per heavy atom. The lowest BCUT2D eigenvalue weighted by Crippen LogP contribution is -2.31. The van der Waals surface area contributed by atoms with Crippen molar-refractivity contribution in [3.05, 3.63) is 77.5 Å². The van der Waals surface area contributed by atoms with Gasteiger partial charge >= 0.3 is 6.09 Å². The van der Waals surface area contributed by atoms with Gasteiger partial charge in [-0.25, -0.2) is 9.69 Å². The number of imide groups is 1. The summed E-state index contributed by atoms with van der Waals surface area (Å²) in [6.07, 6.45) is 0.861. The molecule has 1 fully saturated rings. The monoisotopic (exact) mass is 387 g/mol. The summed E-state index contributed by atoms with van der Waals surface area (Å²) in [6.45, 7) is 1.99. The molecule has 144 valence electrons. The molecular weight excluding hydrogens is 370 g/mol. The molecule has 6 heteroatoms. The fraction of sp³-hybridized carbons (Fsp3) is 0.130. The van der Waals surface area contributed by atoms with Gasteiger partial charge < -0.3 is 14.2 Å². The third-order valence-corrected chi connectivity index (χ3v) is 5.18. The van der Waals surface area contributed by atoms with Crippen molar-refractivity contribution in [2.24, 2.45) is 0 Å². The zero-order chi connectivity index (χ0) is 20.0. The van der Waals surface area contributed by atoms with E-state index in [1.807, 2.05) is 49.4 Å². The van der Waals surface area contributed by atoms with Gasteiger partial charge in [0, 0.05) is 0 Å². The first-order chi connectivity index (χ1) is 14.1. The van der Waals surface area contributed by atoms with Crippen LogP contribution in [0.3, 0.4) is 0 Å². The van der Waals surface area contributed by atoms with Crippen molar-refractivity contribution in [3.8, 4) is 11.5 Å². The van der Waals surface area contributed by atoms with E-state index in [9.17, 15) is 9.59 Å². The van der Waals surface area contributed by atoms with Crippen LogP contribution in [0.1, 0.15) is 24.1 Å². The van der Waals surface area contributed by atoms with Crippen molar-refractivity contribution in [3.63, 3.8) is 0 Å². The highest BCUT2D eigenvalue weighted by molar-refractivity contribution is 6.10. The molecule has 3 aromatic carbocycles. The summed E-state index contributed by atoms with van der Waals surface area (Å²) in [7, 11) is 0. The van der Waals surface area contributed by atoms with E-state index in [0.29, 0.717) is 17.1 Å². The van der Waals surface area contributed by atoms with Crippen LogP contribution in [-0.4, -0.2) is 23.7 Å². The molecule has 0 aromatic heterocycles. The number of rotatable bonds is 3. The Morgan fingerprint density at radius 1 is 0.966 bits per heavy atom. The van der Waals surface area contributed by atoms with Crippen molar-refractivity contribution < 1.29 is 23.8 Å². The molecule has 2 amide bonds. The Balaban J connectivity index is 1.47. The second-order valence-electron chi connectivity index (χ2n) is 6.91. The maximum absolute atomic E-state index is 13.0. The van der Waals surface area contributed by atoms with Gasteiger partial charge in [0.2, 0.25) is 6.79 Å². The number of hydrogen-bond donors (Lipinski definition) is 0. The van der Waals surface area contributed by atoms with E-state index in [1.54, 1.807) is 18.2 Å². The predicted octanol–water partition coefficient (Wildman–Crippen LogP) is 4.65. The summed E-state index contributed by atoms with van der Waals surface area (Å²) in [5, 5.41) is 2.05. The molecule has 29 heavy (non-hydrogen) atoms. The maximum atomic E-state index is 13.0. The summed E-state index contributed by atoms with van der Waals surface area (Å²) >= 11 is 0. The first-order valence-electron chi connectivity index (χ1n) is 9.26. The van der Waals surface area contributed by atoms with Gasteiger partial charge in [0.1, 0.15) is 0 Å². The van der Waals surface area contributed by atoms with Crippen LogP contribution < -0.4 is 9.47 Å². The SMILES string of the molecule is C[C@H](c1cccc2ccccc12)N1C(=O)O/C(=C\c2ccc3c(c2)OCO3)C1=O. The van der Waals surface area contributed by atoms with Crippen molar-refractivity contribution in [1.29, 1.82) is 0 Å². The summed E-state index contributed by atoms with van der Waals surface area (Å²) in [4.78, 5) is 26.6. The highest BCUT2D eigenvalue weighted by Crippen LogP contribution is 2.35. The quantitative estimate of drug-likeness (QED) is 0.612. The molecule has 2 aliphatic heterocycles. The van der Waals surface area contributed by atoms with Gasteiger partial charge in [0.25, 0.3) is 5.91 Å². The van der Waals surface area contributed by atoms with Crippen LogP contribution in [0.5, 0.6) is 11.5 Å². The minimum absolute atomic E-state index is 0.0130. The van der Waals surface area contributed by atoms with E-state index in [4.69, 9.17) is 14.2 Å². The van der Waals surface area contributed by atoms with Crippen molar-refractivity contribution >= 4 is 28.8 Å². The lowest BCUT2D eigenvalue weighted by molar-refractivity contribution is -0.124. The molecule has 0 saturated carbocycles. The van der Waals surface area contributed by atoms with Gasteiger partial charge in [-0.1, -0.05) is 48.5 Å². The second kappa shape index (κ2) is 6.67. The highest BCUT2D eigenvalue weighted by Gasteiger charge is 2.40. The van der Waals surface area contributed by atoms with E-state index in [-0.39, 0.29) is 12.6 Å². The smallest absolute Gasteiger partial charge is 0.423 e. The molecule has 2 heterocycles. The van der Waals surface area contributed by atoms with Crippen LogP contribution in [0.4, 0.5) is 4.79 Å². The van der Waals surface area contributed by atoms with Gasteiger partial charge in [0.15, 0.2) is 17.3 Å². The summed E-state index contributed by atoms with van der Waals surface area (Å²) in [6, 6.07) is 18.5. The van der Waals surface area contributed by atoms with Crippen molar-refractivity contribution in [2.45, 2.75) is 13.0 Å². The van der Waals surface area contributed by atoms with Crippen LogP contribution in [0.25, 0.3) is 16.8 Å².